The molecule has 6 heteroatoms. The molecule has 24 heavy (non-hydrogen) atoms. The molecule has 0 bridgehead atoms. The fourth-order valence-corrected chi connectivity index (χ4v) is 3.76. The van der Waals surface area contributed by atoms with Crippen LogP contribution in [0.2, 0.25) is 0 Å². The zero-order chi connectivity index (χ0) is 17.7. The normalized spacial score (nSPS) is 23.6. The van der Waals surface area contributed by atoms with Crippen LogP contribution >= 0.6 is 0 Å². The Kier molecular flexibility index (Phi) is 6.52. The van der Waals surface area contributed by atoms with Gasteiger partial charge in [0.25, 0.3) is 0 Å². The van der Waals surface area contributed by atoms with Crippen LogP contribution in [0, 0.1) is 0 Å². The first-order valence-corrected chi connectivity index (χ1v) is 9.07. The van der Waals surface area contributed by atoms with Crippen molar-refractivity contribution >= 4 is 23.4 Å². The summed E-state index contributed by atoms with van der Waals surface area (Å²) < 4.78 is 0. The number of hydrogen-bond donors (Lipinski definition) is 0. The van der Waals surface area contributed by atoms with Gasteiger partial charge in [-0.05, 0) is 39.0 Å². The van der Waals surface area contributed by atoms with E-state index in [2.05, 4.69) is 0 Å². The van der Waals surface area contributed by atoms with Crippen molar-refractivity contribution in [2.45, 2.75) is 77.3 Å². The number of Topliss-reactive ketones (excluding diaryl/α,β-unsaturated/α-hetero) is 2. The van der Waals surface area contributed by atoms with Crippen molar-refractivity contribution in [1.29, 1.82) is 0 Å². The standard InChI is InChI=1S/C18H28N2O4/c1-3-6-14(22)9-10-17(23)19-11-5-8-16(19)18(24)20-12-4-7-15(20)13(2)21/h15-16H,3-12H2,1-2H3/t15-,16-/m0/s1. The number of ketones is 2. The van der Waals surface area contributed by atoms with E-state index in [1.807, 2.05) is 6.92 Å². The maximum Gasteiger partial charge on any atom is 0.245 e. The van der Waals surface area contributed by atoms with E-state index in [9.17, 15) is 19.2 Å². The van der Waals surface area contributed by atoms with Gasteiger partial charge in [0.05, 0.1) is 6.04 Å². The lowest BCUT2D eigenvalue weighted by Crippen LogP contribution is -2.50. The Morgan fingerprint density at radius 1 is 0.875 bits per heavy atom. The Balaban J connectivity index is 1.96. The molecule has 2 amide bonds. The minimum absolute atomic E-state index is 0.0156. The number of nitrogens with zero attached hydrogens (tertiary/aromatic N) is 2. The summed E-state index contributed by atoms with van der Waals surface area (Å²) in [4.78, 5) is 51.9. The van der Waals surface area contributed by atoms with Gasteiger partial charge >= 0.3 is 0 Å². The van der Waals surface area contributed by atoms with Crippen molar-refractivity contribution in [1.82, 2.24) is 9.80 Å². The molecule has 0 unspecified atom stereocenters. The maximum absolute atomic E-state index is 12.8. The highest BCUT2D eigenvalue weighted by atomic mass is 16.2. The Morgan fingerprint density at radius 3 is 2.12 bits per heavy atom. The fraction of sp³-hybridized carbons (Fsp3) is 0.778. The first-order valence-electron chi connectivity index (χ1n) is 9.07. The highest BCUT2D eigenvalue weighted by Gasteiger charge is 2.40. The smallest absolute Gasteiger partial charge is 0.245 e. The first kappa shape index (κ1) is 18.6. The van der Waals surface area contributed by atoms with Crippen molar-refractivity contribution < 1.29 is 19.2 Å². The second kappa shape index (κ2) is 8.40. The second-order valence-corrected chi connectivity index (χ2v) is 6.83. The third-order valence-electron chi connectivity index (χ3n) is 5.01. The summed E-state index contributed by atoms with van der Waals surface area (Å²) in [5.41, 5.74) is 0. The van der Waals surface area contributed by atoms with Gasteiger partial charge in [-0.15, -0.1) is 0 Å². The van der Waals surface area contributed by atoms with E-state index in [1.165, 1.54) is 6.92 Å². The number of rotatable bonds is 7. The van der Waals surface area contributed by atoms with E-state index in [0.717, 1.165) is 19.3 Å². The van der Waals surface area contributed by atoms with E-state index >= 15 is 0 Å². The molecule has 0 aliphatic carbocycles. The van der Waals surface area contributed by atoms with Gasteiger partial charge in [-0.1, -0.05) is 6.92 Å². The molecule has 2 atom stereocenters. The van der Waals surface area contributed by atoms with Gasteiger partial charge in [-0.2, -0.15) is 0 Å². The highest BCUT2D eigenvalue weighted by molar-refractivity contribution is 5.93. The summed E-state index contributed by atoms with van der Waals surface area (Å²) in [6, 6.07) is -0.792. The lowest BCUT2D eigenvalue weighted by Gasteiger charge is -2.30. The molecular weight excluding hydrogens is 308 g/mol. The zero-order valence-electron chi connectivity index (χ0n) is 14.8. The van der Waals surface area contributed by atoms with Crippen LogP contribution in [-0.4, -0.2) is 58.4 Å². The molecule has 0 spiro atoms. The van der Waals surface area contributed by atoms with Gasteiger partial charge in [-0.3, -0.25) is 19.2 Å². The van der Waals surface area contributed by atoms with Crippen LogP contribution in [0.4, 0.5) is 0 Å². The van der Waals surface area contributed by atoms with E-state index in [-0.39, 0.29) is 42.3 Å². The Hall–Kier alpha value is -1.72. The van der Waals surface area contributed by atoms with Gasteiger partial charge in [0.1, 0.15) is 11.8 Å². The summed E-state index contributed by atoms with van der Waals surface area (Å²) >= 11 is 0. The minimum Gasteiger partial charge on any atom is -0.331 e. The monoisotopic (exact) mass is 336 g/mol. The molecule has 2 fully saturated rings. The molecule has 134 valence electrons. The summed E-state index contributed by atoms with van der Waals surface area (Å²) in [5.74, 6) is -0.0988. The quantitative estimate of drug-likeness (QED) is 0.709. The zero-order valence-corrected chi connectivity index (χ0v) is 14.8. The molecular formula is C18H28N2O4. The topological polar surface area (TPSA) is 74.8 Å². The molecule has 2 aliphatic heterocycles. The summed E-state index contributed by atoms with van der Waals surface area (Å²) in [6.45, 7) is 4.62. The average Bonchev–Trinajstić information content (AvgIpc) is 3.21. The van der Waals surface area contributed by atoms with Crippen molar-refractivity contribution in [2.75, 3.05) is 13.1 Å². The number of likely N-dealkylation sites (tertiary alicyclic amines) is 2. The van der Waals surface area contributed by atoms with Crippen molar-refractivity contribution in [3.05, 3.63) is 0 Å². The van der Waals surface area contributed by atoms with Gasteiger partial charge in [-0.25, -0.2) is 0 Å². The van der Waals surface area contributed by atoms with Crippen LogP contribution < -0.4 is 0 Å². The van der Waals surface area contributed by atoms with Crippen molar-refractivity contribution in [2.24, 2.45) is 0 Å². The van der Waals surface area contributed by atoms with Crippen LogP contribution in [0.3, 0.4) is 0 Å². The molecule has 0 saturated carbocycles. The van der Waals surface area contributed by atoms with Crippen molar-refractivity contribution in [3.63, 3.8) is 0 Å². The molecule has 0 radical (unpaired) electrons. The molecule has 2 rings (SSSR count). The maximum atomic E-state index is 12.8. The number of carbonyl (C=O) groups is 4. The fourth-order valence-electron chi connectivity index (χ4n) is 3.76. The second-order valence-electron chi connectivity index (χ2n) is 6.83. The third kappa shape index (κ3) is 4.22. The summed E-state index contributed by atoms with van der Waals surface area (Å²) in [7, 11) is 0. The number of amides is 2. The van der Waals surface area contributed by atoms with Crippen LogP contribution in [0.15, 0.2) is 0 Å². The summed E-state index contributed by atoms with van der Waals surface area (Å²) in [5, 5.41) is 0. The van der Waals surface area contributed by atoms with Gasteiger partial charge in [0.2, 0.25) is 11.8 Å². The Bertz CT molecular complexity index is 517. The molecule has 0 aromatic heterocycles. The minimum atomic E-state index is -0.460. The molecule has 0 aromatic carbocycles. The Labute approximate surface area is 143 Å². The van der Waals surface area contributed by atoms with E-state index in [4.69, 9.17) is 0 Å². The van der Waals surface area contributed by atoms with Crippen LogP contribution in [-0.2, 0) is 19.2 Å². The lowest BCUT2D eigenvalue weighted by molar-refractivity contribution is -0.146. The first-order chi connectivity index (χ1) is 11.5. The van der Waals surface area contributed by atoms with Gasteiger partial charge in [0.15, 0.2) is 5.78 Å². The predicted molar refractivity (Wildman–Crippen MR) is 89.3 cm³/mol. The Morgan fingerprint density at radius 2 is 1.50 bits per heavy atom. The van der Waals surface area contributed by atoms with Crippen LogP contribution in [0.25, 0.3) is 0 Å². The van der Waals surface area contributed by atoms with E-state index in [1.54, 1.807) is 9.80 Å². The van der Waals surface area contributed by atoms with Gasteiger partial charge < -0.3 is 9.80 Å². The van der Waals surface area contributed by atoms with Gasteiger partial charge in [0, 0.05) is 32.4 Å². The van der Waals surface area contributed by atoms with Crippen LogP contribution in [0.5, 0.6) is 0 Å². The average molecular weight is 336 g/mol. The molecule has 0 N–H and O–H groups in total. The molecule has 2 heterocycles. The SMILES string of the molecule is CCCC(=O)CCC(=O)N1CCC[C@H]1C(=O)N1CCC[C@H]1C(C)=O. The van der Waals surface area contributed by atoms with Crippen molar-refractivity contribution in [3.8, 4) is 0 Å². The lowest BCUT2D eigenvalue weighted by atomic mass is 10.1. The van der Waals surface area contributed by atoms with E-state index < -0.39 is 6.04 Å². The van der Waals surface area contributed by atoms with E-state index in [0.29, 0.717) is 32.4 Å². The molecule has 6 nitrogen and oxygen atoms in total. The molecule has 0 aromatic rings. The largest absolute Gasteiger partial charge is 0.331 e. The summed E-state index contributed by atoms with van der Waals surface area (Å²) in [6.07, 6.45) is 4.72. The molecule has 2 aliphatic rings. The highest BCUT2D eigenvalue weighted by Crippen LogP contribution is 2.26. The third-order valence-corrected chi connectivity index (χ3v) is 5.01. The number of hydrogen-bond acceptors (Lipinski definition) is 4. The number of carbonyl (C=O) groups excluding carboxylic acids is 4. The predicted octanol–water partition coefficient (Wildman–Crippen LogP) is 1.71. The molecule has 2 saturated heterocycles. The van der Waals surface area contributed by atoms with Crippen LogP contribution in [0.1, 0.15) is 65.2 Å².